The molecule has 0 radical (unpaired) electrons. The number of hydrogen-bond donors (Lipinski definition) is 1. The first-order valence-corrected chi connectivity index (χ1v) is 6.20. The molecular formula is C12H22N2O. The first-order chi connectivity index (χ1) is 7.20. The largest absolute Gasteiger partial charge is 0.345 e. The highest BCUT2D eigenvalue weighted by Crippen LogP contribution is 2.31. The standard InChI is InChI=1S/C12H22N2O/c1-14-8-7-10(12(14)15)11(13)9-5-3-2-4-6-9/h9-11H,2-8,13H2,1H3. The number of amides is 1. The molecule has 0 spiro atoms. The minimum absolute atomic E-state index is 0.109. The van der Waals surface area contributed by atoms with Crippen molar-refractivity contribution in [3.8, 4) is 0 Å². The van der Waals surface area contributed by atoms with Crippen LogP contribution in [-0.2, 0) is 4.79 Å². The third kappa shape index (κ3) is 2.17. The van der Waals surface area contributed by atoms with Crippen LogP contribution in [0.5, 0.6) is 0 Å². The highest BCUT2D eigenvalue weighted by atomic mass is 16.2. The molecule has 0 aromatic carbocycles. The molecule has 1 saturated heterocycles. The smallest absolute Gasteiger partial charge is 0.227 e. The van der Waals surface area contributed by atoms with Crippen molar-refractivity contribution in [3.05, 3.63) is 0 Å². The van der Waals surface area contributed by atoms with E-state index in [1.165, 1.54) is 32.1 Å². The molecule has 2 aliphatic rings. The van der Waals surface area contributed by atoms with Gasteiger partial charge in [0.15, 0.2) is 0 Å². The van der Waals surface area contributed by atoms with Crippen molar-refractivity contribution in [1.82, 2.24) is 4.90 Å². The van der Waals surface area contributed by atoms with Crippen LogP contribution in [0.2, 0.25) is 0 Å². The lowest BCUT2D eigenvalue weighted by atomic mass is 9.78. The molecule has 3 heteroatoms. The highest BCUT2D eigenvalue weighted by molar-refractivity contribution is 5.81. The van der Waals surface area contributed by atoms with Crippen molar-refractivity contribution in [2.24, 2.45) is 17.6 Å². The zero-order valence-electron chi connectivity index (χ0n) is 9.61. The lowest BCUT2D eigenvalue weighted by Gasteiger charge is -2.30. The van der Waals surface area contributed by atoms with E-state index < -0.39 is 0 Å². The average molecular weight is 210 g/mol. The van der Waals surface area contributed by atoms with E-state index in [1.54, 1.807) is 0 Å². The van der Waals surface area contributed by atoms with Gasteiger partial charge < -0.3 is 10.6 Å². The molecule has 1 saturated carbocycles. The zero-order valence-corrected chi connectivity index (χ0v) is 9.61. The molecule has 86 valence electrons. The van der Waals surface area contributed by atoms with E-state index in [-0.39, 0.29) is 17.9 Å². The first-order valence-electron chi connectivity index (χ1n) is 6.20. The zero-order chi connectivity index (χ0) is 10.8. The lowest BCUT2D eigenvalue weighted by molar-refractivity contribution is -0.130. The van der Waals surface area contributed by atoms with Crippen LogP contribution >= 0.6 is 0 Å². The molecule has 1 heterocycles. The summed E-state index contributed by atoms with van der Waals surface area (Å²) in [6.07, 6.45) is 7.38. The predicted octanol–water partition coefficient (Wildman–Crippen LogP) is 1.37. The summed E-state index contributed by atoms with van der Waals surface area (Å²) in [6.45, 7) is 0.893. The quantitative estimate of drug-likeness (QED) is 0.748. The Kier molecular flexibility index (Phi) is 3.29. The summed E-state index contributed by atoms with van der Waals surface area (Å²) in [4.78, 5) is 13.7. The van der Waals surface area contributed by atoms with Gasteiger partial charge in [0.25, 0.3) is 0 Å². The number of rotatable bonds is 2. The second-order valence-corrected chi connectivity index (χ2v) is 5.13. The fraction of sp³-hybridized carbons (Fsp3) is 0.917. The average Bonchev–Trinajstić information content (AvgIpc) is 2.60. The van der Waals surface area contributed by atoms with Crippen molar-refractivity contribution in [1.29, 1.82) is 0 Å². The summed E-state index contributed by atoms with van der Waals surface area (Å²) in [7, 11) is 1.88. The van der Waals surface area contributed by atoms with Gasteiger partial charge in [-0.15, -0.1) is 0 Å². The fourth-order valence-electron chi connectivity index (χ4n) is 3.05. The molecule has 2 atom stereocenters. The van der Waals surface area contributed by atoms with Crippen molar-refractivity contribution < 1.29 is 4.79 Å². The molecular weight excluding hydrogens is 188 g/mol. The molecule has 1 aliphatic carbocycles. The normalized spacial score (nSPS) is 30.9. The van der Waals surface area contributed by atoms with Crippen LogP contribution in [0.1, 0.15) is 38.5 Å². The summed E-state index contributed by atoms with van der Waals surface area (Å²) < 4.78 is 0. The molecule has 0 bridgehead atoms. The summed E-state index contributed by atoms with van der Waals surface area (Å²) >= 11 is 0. The molecule has 2 rings (SSSR count). The minimum Gasteiger partial charge on any atom is -0.345 e. The van der Waals surface area contributed by atoms with Gasteiger partial charge in [-0.3, -0.25) is 4.79 Å². The Morgan fingerprint density at radius 2 is 1.93 bits per heavy atom. The maximum atomic E-state index is 11.8. The van der Waals surface area contributed by atoms with Gasteiger partial charge in [-0.05, 0) is 25.2 Å². The summed E-state index contributed by atoms with van der Waals surface area (Å²) in [5.41, 5.74) is 6.26. The van der Waals surface area contributed by atoms with Gasteiger partial charge in [-0.1, -0.05) is 19.3 Å². The molecule has 2 unspecified atom stereocenters. The summed E-state index contributed by atoms with van der Waals surface area (Å²) in [5.74, 6) is 0.977. The van der Waals surface area contributed by atoms with Gasteiger partial charge in [-0.2, -0.15) is 0 Å². The van der Waals surface area contributed by atoms with E-state index in [0.29, 0.717) is 5.92 Å². The molecule has 0 aromatic rings. The number of nitrogens with two attached hydrogens (primary N) is 1. The van der Waals surface area contributed by atoms with Crippen molar-refractivity contribution in [2.75, 3.05) is 13.6 Å². The van der Waals surface area contributed by atoms with Crippen molar-refractivity contribution >= 4 is 5.91 Å². The molecule has 3 nitrogen and oxygen atoms in total. The van der Waals surface area contributed by atoms with Gasteiger partial charge in [0.2, 0.25) is 5.91 Å². The molecule has 1 amide bonds. The molecule has 2 fully saturated rings. The first kappa shape index (κ1) is 10.9. The second-order valence-electron chi connectivity index (χ2n) is 5.13. The lowest BCUT2D eigenvalue weighted by Crippen LogP contribution is -2.42. The Balaban J connectivity index is 1.94. The van der Waals surface area contributed by atoms with Gasteiger partial charge in [-0.25, -0.2) is 0 Å². The SMILES string of the molecule is CN1CCC(C(N)C2CCCCC2)C1=O. The van der Waals surface area contributed by atoms with Gasteiger partial charge in [0.05, 0.1) is 5.92 Å². The fourth-order valence-corrected chi connectivity index (χ4v) is 3.05. The topological polar surface area (TPSA) is 46.3 Å². The molecule has 1 aliphatic heterocycles. The maximum Gasteiger partial charge on any atom is 0.227 e. The monoisotopic (exact) mass is 210 g/mol. The molecule has 2 N–H and O–H groups in total. The Hall–Kier alpha value is -0.570. The van der Waals surface area contributed by atoms with E-state index in [9.17, 15) is 4.79 Å². The van der Waals surface area contributed by atoms with Crippen molar-refractivity contribution in [2.45, 2.75) is 44.6 Å². The molecule has 0 aromatic heterocycles. The van der Waals surface area contributed by atoms with Gasteiger partial charge >= 0.3 is 0 Å². The van der Waals surface area contributed by atoms with Crippen LogP contribution in [-0.4, -0.2) is 30.4 Å². The Bertz CT molecular complexity index is 236. The van der Waals surface area contributed by atoms with E-state index in [0.717, 1.165) is 13.0 Å². The van der Waals surface area contributed by atoms with Crippen LogP contribution in [0.25, 0.3) is 0 Å². The Morgan fingerprint density at radius 3 is 2.47 bits per heavy atom. The van der Waals surface area contributed by atoms with Crippen LogP contribution < -0.4 is 5.73 Å². The third-order valence-electron chi connectivity index (χ3n) is 4.13. The minimum atomic E-state index is 0.109. The van der Waals surface area contributed by atoms with Crippen LogP contribution in [0.4, 0.5) is 0 Å². The Labute approximate surface area is 92.0 Å². The van der Waals surface area contributed by atoms with E-state index in [1.807, 2.05) is 11.9 Å². The van der Waals surface area contributed by atoms with E-state index in [4.69, 9.17) is 5.73 Å². The van der Waals surface area contributed by atoms with E-state index >= 15 is 0 Å². The number of carbonyl (C=O) groups is 1. The highest BCUT2D eigenvalue weighted by Gasteiger charge is 2.37. The Morgan fingerprint density at radius 1 is 1.27 bits per heavy atom. The second kappa shape index (κ2) is 4.52. The van der Waals surface area contributed by atoms with E-state index in [2.05, 4.69) is 0 Å². The maximum absolute atomic E-state index is 11.8. The number of hydrogen-bond acceptors (Lipinski definition) is 2. The van der Waals surface area contributed by atoms with Gasteiger partial charge in [0.1, 0.15) is 0 Å². The summed E-state index contributed by atoms with van der Waals surface area (Å²) in [6, 6.07) is 0.114. The van der Waals surface area contributed by atoms with Crippen LogP contribution in [0.3, 0.4) is 0 Å². The number of nitrogens with zero attached hydrogens (tertiary/aromatic N) is 1. The number of likely N-dealkylation sites (tertiary alicyclic amines) is 1. The van der Waals surface area contributed by atoms with Crippen LogP contribution in [0.15, 0.2) is 0 Å². The predicted molar refractivity (Wildman–Crippen MR) is 60.3 cm³/mol. The van der Waals surface area contributed by atoms with Crippen molar-refractivity contribution in [3.63, 3.8) is 0 Å². The third-order valence-corrected chi connectivity index (χ3v) is 4.13. The van der Waals surface area contributed by atoms with Gasteiger partial charge in [0, 0.05) is 19.6 Å². The molecule has 15 heavy (non-hydrogen) atoms. The summed E-state index contributed by atoms with van der Waals surface area (Å²) in [5, 5.41) is 0. The van der Waals surface area contributed by atoms with Crippen LogP contribution in [0, 0.1) is 11.8 Å². The number of carbonyl (C=O) groups excluding carboxylic acids is 1.